The molecule has 0 radical (unpaired) electrons. The van der Waals surface area contributed by atoms with Crippen LogP contribution in [-0.2, 0) is 4.79 Å². The predicted molar refractivity (Wildman–Crippen MR) is 76.8 cm³/mol. The highest BCUT2D eigenvalue weighted by Crippen LogP contribution is 2.36. The van der Waals surface area contributed by atoms with Crippen molar-refractivity contribution in [1.82, 2.24) is 10.2 Å². The molecule has 3 fully saturated rings. The van der Waals surface area contributed by atoms with Crippen molar-refractivity contribution < 1.29 is 4.79 Å². The van der Waals surface area contributed by atoms with Crippen molar-refractivity contribution in [2.45, 2.75) is 57.9 Å². The monoisotopic (exact) mass is 264 g/mol. The van der Waals surface area contributed by atoms with E-state index in [2.05, 4.69) is 17.1 Å². The predicted octanol–water partition coefficient (Wildman–Crippen LogP) is 2.41. The highest BCUT2D eigenvalue weighted by atomic mass is 16.2. The molecule has 1 N–H and O–H groups in total. The van der Waals surface area contributed by atoms with Crippen molar-refractivity contribution in [3.05, 3.63) is 0 Å². The van der Waals surface area contributed by atoms with Crippen LogP contribution in [0, 0.1) is 17.8 Å². The molecule has 0 aromatic rings. The highest BCUT2D eigenvalue weighted by Gasteiger charge is 2.38. The first-order valence-electron chi connectivity index (χ1n) is 8.27. The van der Waals surface area contributed by atoms with Gasteiger partial charge in [-0.05, 0) is 50.5 Å². The van der Waals surface area contributed by atoms with Crippen molar-refractivity contribution in [2.75, 3.05) is 19.6 Å². The summed E-state index contributed by atoms with van der Waals surface area (Å²) in [4.78, 5) is 15.1. The molecule has 2 aliphatic heterocycles. The lowest BCUT2D eigenvalue weighted by Crippen LogP contribution is -2.48. The number of carbonyl (C=O) groups is 1. The number of nitrogens with zero attached hydrogens (tertiary/aromatic N) is 1. The molecule has 2 saturated heterocycles. The van der Waals surface area contributed by atoms with Crippen LogP contribution in [0.3, 0.4) is 0 Å². The molecule has 3 rings (SSSR count). The maximum atomic E-state index is 12.8. The number of hydrogen-bond acceptors (Lipinski definition) is 2. The summed E-state index contributed by atoms with van der Waals surface area (Å²) in [7, 11) is 0. The Kier molecular flexibility index (Phi) is 4.11. The van der Waals surface area contributed by atoms with Gasteiger partial charge >= 0.3 is 0 Å². The summed E-state index contributed by atoms with van der Waals surface area (Å²) in [6.07, 6.45) is 9.03. The van der Waals surface area contributed by atoms with E-state index in [0.29, 0.717) is 17.9 Å². The zero-order valence-corrected chi connectivity index (χ0v) is 12.2. The largest absolute Gasteiger partial charge is 0.339 e. The minimum Gasteiger partial charge on any atom is -0.339 e. The third-order valence-corrected chi connectivity index (χ3v) is 5.45. The third-order valence-electron chi connectivity index (χ3n) is 5.45. The quantitative estimate of drug-likeness (QED) is 0.830. The van der Waals surface area contributed by atoms with E-state index < -0.39 is 0 Å². The lowest BCUT2D eigenvalue weighted by molar-refractivity contribution is -0.138. The van der Waals surface area contributed by atoms with Gasteiger partial charge in [-0.3, -0.25) is 4.79 Å². The maximum absolute atomic E-state index is 12.8. The Balaban J connectivity index is 1.64. The molecule has 0 aromatic carbocycles. The van der Waals surface area contributed by atoms with Crippen molar-refractivity contribution in [1.29, 1.82) is 0 Å². The molecule has 0 spiro atoms. The summed E-state index contributed by atoms with van der Waals surface area (Å²) < 4.78 is 0. The van der Waals surface area contributed by atoms with Crippen LogP contribution in [0.2, 0.25) is 0 Å². The number of nitrogens with one attached hydrogen (secondary N) is 1. The first-order chi connectivity index (χ1) is 9.25. The van der Waals surface area contributed by atoms with Gasteiger partial charge in [-0.1, -0.05) is 19.8 Å². The van der Waals surface area contributed by atoms with E-state index >= 15 is 0 Å². The molecule has 19 heavy (non-hydrogen) atoms. The van der Waals surface area contributed by atoms with Gasteiger partial charge in [0.15, 0.2) is 0 Å². The number of piperidine rings is 1. The molecule has 108 valence electrons. The van der Waals surface area contributed by atoms with E-state index in [1.54, 1.807) is 0 Å². The van der Waals surface area contributed by atoms with Gasteiger partial charge in [-0.2, -0.15) is 0 Å². The Bertz CT molecular complexity index is 325. The summed E-state index contributed by atoms with van der Waals surface area (Å²) in [6.45, 7) is 5.25. The van der Waals surface area contributed by atoms with Crippen molar-refractivity contribution in [3.8, 4) is 0 Å². The molecule has 1 amide bonds. The van der Waals surface area contributed by atoms with Crippen LogP contribution >= 0.6 is 0 Å². The molecule has 3 aliphatic rings. The highest BCUT2D eigenvalue weighted by molar-refractivity contribution is 5.80. The first kappa shape index (κ1) is 13.4. The molecule has 3 heteroatoms. The van der Waals surface area contributed by atoms with E-state index in [4.69, 9.17) is 0 Å². The molecule has 2 heterocycles. The minimum atomic E-state index is 0.241. The number of rotatable bonds is 2. The van der Waals surface area contributed by atoms with Crippen molar-refractivity contribution in [3.63, 3.8) is 0 Å². The lowest BCUT2D eigenvalue weighted by Gasteiger charge is -2.35. The van der Waals surface area contributed by atoms with Crippen molar-refractivity contribution in [2.24, 2.45) is 17.8 Å². The Hall–Kier alpha value is -0.570. The summed E-state index contributed by atoms with van der Waals surface area (Å²) in [5.41, 5.74) is 0. The normalized spacial score (nSPS) is 36.9. The van der Waals surface area contributed by atoms with E-state index in [0.717, 1.165) is 32.0 Å². The number of hydrogen-bond donors (Lipinski definition) is 1. The van der Waals surface area contributed by atoms with Crippen LogP contribution in [-0.4, -0.2) is 36.5 Å². The van der Waals surface area contributed by atoms with Gasteiger partial charge in [-0.25, -0.2) is 0 Å². The van der Waals surface area contributed by atoms with Crippen LogP contribution < -0.4 is 5.32 Å². The van der Waals surface area contributed by atoms with Gasteiger partial charge in [0.25, 0.3) is 0 Å². The lowest BCUT2D eigenvalue weighted by atomic mass is 9.89. The number of amides is 1. The summed E-state index contributed by atoms with van der Waals surface area (Å²) in [6, 6.07) is 0.576. The first-order valence-corrected chi connectivity index (χ1v) is 8.27. The minimum absolute atomic E-state index is 0.241. The van der Waals surface area contributed by atoms with Gasteiger partial charge in [0.2, 0.25) is 5.91 Å². The van der Waals surface area contributed by atoms with Crippen LogP contribution in [0.4, 0.5) is 0 Å². The van der Waals surface area contributed by atoms with Gasteiger partial charge in [-0.15, -0.1) is 0 Å². The van der Waals surface area contributed by atoms with Gasteiger partial charge in [0.1, 0.15) is 0 Å². The Morgan fingerprint density at radius 1 is 1.11 bits per heavy atom. The molecule has 3 nitrogen and oxygen atoms in total. The summed E-state index contributed by atoms with van der Waals surface area (Å²) in [5, 5.41) is 3.43. The van der Waals surface area contributed by atoms with Crippen LogP contribution in [0.25, 0.3) is 0 Å². The zero-order chi connectivity index (χ0) is 13.2. The fourth-order valence-corrected chi connectivity index (χ4v) is 4.48. The Labute approximate surface area is 117 Å². The molecule has 1 aliphatic carbocycles. The Morgan fingerprint density at radius 2 is 1.89 bits per heavy atom. The van der Waals surface area contributed by atoms with E-state index in [1.165, 1.54) is 38.5 Å². The molecule has 0 aromatic heterocycles. The van der Waals surface area contributed by atoms with Crippen LogP contribution in [0.1, 0.15) is 51.9 Å². The van der Waals surface area contributed by atoms with Crippen molar-refractivity contribution >= 4 is 5.91 Å². The fourth-order valence-electron chi connectivity index (χ4n) is 4.48. The molecule has 3 atom stereocenters. The van der Waals surface area contributed by atoms with E-state index in [-0.39, 0.29) is 5.92 Å². The Morgan fingerprint density at radius 3 is 2.63 bits per heavy atom. The second-order valence-electron chi connectivity index (χ2n) is 6.98. The zero-order valence-electron chi connectivity index (χ0n) is 12.2. The van der Waals surface area contributed by atoms with E-state index in [9.17, 15) is 4.79 Å². The second-order valence-corrected chi connectivity index (χ2v) is 6.98. The van der Waals surface area contributed by atoms with Crippen LogP contribution in [0.15, 0.2) is 0 Å². The van der Waals surface area contributed by atoms with Gasteiger partial charge in [0.05, 0.1) is 5.92 Å². The number of carbonyl (C=O) groups excluding carboxylic acids is 1. The topological polar surface area (TPSA) is 32.3 Å². The maximum Gasteiger partial charge on any atom is 0.227 e. The average Bonchev–Trinajstić information content (AvgIpc) is 3.08. The molecule has 1 saturated carbocycles. The average molecular weight is 264 g/mol. The third kappa shape index (κ3) is 2.81. The smallest absolute Gasteiger partial charge is 0.227 e. The van der Waals surface area contributed by atoms with E-state index in [1.807, 2.05) is 0 Å². The fraction of sp³-hybridized carbons (Fsp3) is 0.938. The molecule has 3 unspecified atom stereocenters. The molecule has 0 bridgehead atoms. The standard InChI is InChI=1S/C16H28N2O/c1-12-9-14(11-17-10-12)16(19)18-8-4-7-15(18)13-5-2-3-6-13/h12-15,17H,2-11H2,1H3. The molecular weight excluding hydrogens is 236 g/mol. The van der Waals surface area contributed by atoms with Gasteiger partial charge < -0.3 is 10.2 Å². The van der Waals surface area contributed by atoms with Gasteiger partial charge in [0, 0.05) is 19.1 Å². The summed E-state index contributed by atoms with van der Waals surface area (Å²) in [5.74, 6) is 2.15. The number of likely N-dealkylation sites (tertiary alicyclic amines) is 1. The summed E-state index contributed by atoms with van der Waals surface area (Å²) >= 11 is 0. The SMILES string of the molecule is CC1CNCC(C(=O)N2CCCC2C2CCCC2)C1. The second kappa shape index (κ2) is 5.82. The molecular formula is C16H28N2O. The van der Waals surface area contributed by atoms with Crippen LogP contribution in [0.5, 0.6) is 0 Å².